The number of piperazine rings is 1. The Labute approximate surface area is 150 Å². The molecule has 1 fully saturated rings. The van der Waals surface area contributed by atoms with Gasteiger partial charge in [0.1, 0.15) is 0 Å². The molecule has 1 N–H and O–H groups in total. The van der Waals surface area contributed by atoms with Gasteiger partial charge < -0.3 is 15.1 Å². The molecule has 4 nitrogen and oxygen atoms in total. The summed E-state index contributed by atoms with van der Waals surface area (Å²) in [6.45, 7) is 11.6. The molecule has 3 rings (SSSR count). The third-order valence-electron chi connectivity index (χ3n) is 5.12. The number of carbonyl (C=O) groups is 1. The van der Waals surface area contributed by atoms with Gasteiger partial charge in [-0.15, -0.1) is 0 Å². The van der Waals surface area contributed by atoms with E-state index in [0.717, 1.165) is 37.4 Å². The zero-order valence-corrected chi connectivity index (χ0v) is 15.6. The van der Waals surface area contributed by atoms with Crippen LogP contribution >= 0.6 is 0 Å². The summed E-state index contributed by atoms with van der Waals surface area (Å²) < 4.78 is 0. The van der Waals surface area contributed by atoms with E-state index < -0.39 is 0 Å². The molecule has 1 aliphatic heterocycles. The minimum Gasteiger partial charge on any atom is -0.368 e. The summed E-state index contributed by atoms with van der Waals surface area (Å²) >= 11 is 0. The Morgan fingerprint density at radius 2 is 1.64 bits per heavy atom. The van der Waals surface area contributed by atoms with Gasteiger partial charge in [0, 0.05) is 37.6 Å². The SMILES string of the molecule is Cc1ccc(C)c(N2CCN(C(=O)Nc3cccc(C)c3C)CC2)c1. The topological polar surface area (TPSA) is 35.6 Å². The maximum absolute atomic E-state index is 12.6. The maximum atomic E-state index is 12.6. The van der Waals surface area contributed by atoms with Crippen molar-refractivity contribution < 1.29 is 4.79 Å². The van der Waals surface area contributed by atoms with Crippen LogP contribution in [0.25, 0.3) is 0 Å². The summed E-state index contributed by atoms with van der Waals surface area (Å²) in [5, 5.41) is 3.06. The summed E-state index contributed by atoms with van der Waals surface area (Å²) in [6, 6.07) is 12.6. The smallest absolute Gasteiger partial charge is 0.321 e. The third kappa shape index (κ3) is 3.78. The molecular weight excluding hydrogens is 310 g/mol. The van der Waals surface area contributed by atoms with Crippen molar-refractivity contribution in [2.24, 2.45) is 0 Å². The van der Waals surface area contributed by atoms with Gasteiger partial charge in [-0.05, 0) is 62.1 Å². The van der Waals surface area contributed by atoms with E-state index in [1.165, 1.54) is 22.4 Å². The lowest BCUT2D eigenvalue weighted by molar-refractivity contribution is 0.208. The number of aryl methyl sites for hydroxylation is 3. The first-order chi connectivity index (χ1) is 12.0. The molecule has 0 spiro atoms. The molecule has 4 heteroatoms. The maximum Gasteiger partial charge on any atom is 0.321 e. The second-order valence-corrected chi connectivity index (χ2v) is 6.94. The van der Waals surface area contributed by atoms with Crippen LogP contribution in [-0.4, -0.2) is 37.1 Å². The lowest BCUT2D eigenvalue weighted by Crippen LogP contribution is -2.50. The van der Waals surface area contributed by atoms with E-state index in [1.54, 1.807) is 0 Å². The molecule has 0 radical (unpaired) electrons. The highest BCUT2D eigenvalue weighted by Crippen LogP contribution is 2.23. The van der Waals surface area contributed by atoms with E-state index in [9.17, 15) is 4.79 Å². The average molecular weight is 337 g/mol. The van der Waals surface area contributed by atoms with Crippen molar-refractivity contribution in [2.75, 3.05) is 36.4 Å². The highest BCUT2D eigenvalue weighted by Gasteiger charge is 2.22. The molecular formula is C21H27N3O. The molecule has 0 bridgehead atoms. The van der Waals surface area contributed by atoms with Crippen LogP contribution in [-0.2, 0) is 0 Å². The molecule has 2 amide bonds. The van der Waals surface area contributed by atoms with Crippen molar-refractivity contribution >= 4 is 17.4 Å². The molecule has 1 saturated heterocycles. The zero-order chi connectivity index (χ0) is 18.0. The van der Waals surface area contributed by atoms with Crippen molar-refractivity contribution in [3.63, 3.8) is 0 Å². The first-order valence-corrected chi connectivity index (χ1v) is 8.90. The van der Waals surface area contributed by atoms with E-state index >= 15 is 0 Å². The Hall–Kier alpha value is -2.49. The normalized spacial score (nSPS) is 14.6. The number of nitrogens with one attached hydrogen (secondary N) is 1. The number of hydrogen-bond donors (Lipinski definition) is 1. The quantitative estimate of drug-likeness (QED) is 0.888. The van der Waals surface area contributed by atoms with Crippen LogP contribution in [0, 0.1) is 27.7 Å². The van der Waals surface area contributed by atoms with E-state index in [4.69, 9.17) is 0 Å². The lowest BCUT2D eigenvalue weighted by atomic mass is 10.1. The van der Waals surface area contributed by atoms with Crippen LogP contribution in [0.1, 0.15) is 22.3 Å². The van der Waals surface area contributed by atoms with Gasteiger partial charge in [0.05, 0.1) is 0 Å². The molecule has 132 valence electrons. The Bertz CT molecular complexity index is 777. The van der Waals surface area contributed by atoms with Crippen LogP contribution in [0.4, 0.5) is 16.2 Å². The van der Waals surface area contributed by atoms with Gasteiger partial charge in [0.25, 0.3) is 0 Å². The minimum atomic E-state index is -0.00526. The fourth-order valence-corrected chi connectivity index (χ4v) is 3.29. The molecule has 2 aromatic carbocycles. The van der Waals surface area contributed by atoms with Crippen LogP contribution in [0.2, 0.25) is 0 Å². The molecule has 2 aromatic rings. The first kappa shape index (κ1) is 17.3. The number of urea groups is 1. The Balaban J connectivity index is 1.63. The second kappa shape index (κ2) is 7.18. The Morgan fingerprint density at radius 1 is 0.920 bits per heavy atom. The van der Waals surface area contributed by atoms with Crippen molar-refractivity contribution in [3.05, 3.63) is 58.7 Å². The summed E-state index contributed by atoms with van der Waals surface area (Å²) in [6.07, 6.45) is 0. The zero-order valence-electron chi connectivity index (χ0n) is 15.6. The molecule has 1 aliphatic rings. The van der Waals surface area contributed by atoms with Crippen molar-refractivity contribution in [1.82, 2.24) is 4.90 Å². The van der Waals surface area contributed by atoms with E-state index in [-0.39, 0.29) is 6.03 Å². The number of carbonyl (C=O) groups excluding carboxylic acids is 1. The van der Waals surface area contributed by atoms with Gasteiger partial charge in [-0.3, -0.25) is 0 Å². The molecule has 25 heavy (non-hydrogen) atoms. The summed E-state index contributed by atoms with van der Waals surface area (Å²) in [4.78, 5) is 16.9. The largest absolute Gasteiger partial charge is 0.368 e. The standard InChI is InChI=1S/C21H27N3O/c1-15-8-9-17(3)20(14-15)23-10-12-24(13-11-23)21(25)22-19-7-5-6-16(2)18(19)4/h5-9,14H,10-13H2,1-4H3,(H,22,25). The van der Waals surface area contributed by atoms with Crippen LogP contribution in [0.15, 0.2) is 36.4 Å². The highest BCUT2D eigenvalue weighted by atomic mass is 16.2. The van der Waals surface area contributed by atoms with Crippen LogP contribution in [0.5, 0.6) is 0 Å². The van der Waals surface area contributed by atoms with Crippen LogP contribution in [0.3, 0.4) is 0 Å². The fourth-order valence-electron chi connectivity index (χ4n) is 3.29. The molecule has 0 saturated carbocycles. The number of benzene rings is 2. The Kier molecular flexibility index (Phi) is 4.98. The molecule has 1 heterocycles. The third-order valence-corrected chi connectivity index (χ3v) is 5.12. The monoisotopic (exact) mass is 337 g/mol. The summed E-state index contributed by atoms with van der Waals surface area (Å²) in [5.74, 6) is 0. The number of hydrogen-bond acceptors (Lipinski definition) is 2. The predicted molar refractivity (Wildman–Crippen MR) is 105 cm³/mol. The average Bonchev–Trinajstić information content (AvgIpc) is 2.61. The molecule has 0 atom stereocenters. The van der Waals surface area contributed by atoms with Crippen molar-refractivity contribution in [3.8, 4) is 0 Å². The van der Waals surface area contributed by atoms with Crippen molar-refractivity contribution in [1.29, 1.82) is 0 Å². The van der Waals surface area contributed by atoms with Gasteiger partial charge in [0.15, 0.2) is 0 Å². The number of rotatable bonds is 2. The molecule has 0 aromatic heterocycles. The Morgan fingerprint density at radius 3 is 2.36 bits per heavy atom. The number of nitrogens with zero attached hydrogens (tertiary/aromatic N) is 2. The van der Waals surface area contributed by atoms with Gasteiger partial charge in [0.2, 0.25) is 0 Å². The lowest BCUT2D eigenvalue weighted by Gasteiger charge is -2.37. The summed E-state index contributed by atoms with van der Waals surface area (Å²) in [7, 11) is 0. The molecule has 0 aliphatic carbocycles. The van der Waals surface area contributed by atoms with E-state index in [2.05, 4.69) is 55.3 Å². The number of amides is 2. The van der Waals surface area contributed by atoms with Gasteiger partial charge in [-0.25, -0.2) is 4.79 Å². The van der Waals surface area contributed by atoms with Gasteiger partial charge in [-0.1, -0.05) is 24.3 Å². The van der Waals surface area contributed by atoms with Crippen LogP contribution < -0.4 is 10.2 Å². The molecule has 0 unspecified atom stereocenters. The highest BCUT2D eigenvalue weighted by molar-refractivity contribution is 5.90. The van der Waals surface area contributed by atoms with E-state index in [1.807, 2.05) is 24.0 Å². The van der Waals surface area contributed by atoms with E-state index in [0.29, 0.717) is 0 Å². The van der Waals surface area contributed by atoms with Gasteiger partial charge >= 0.3 is 6.03 Å². The predicted octanol–water partition coefficient (Wildman–Crippen LogP) is 4.27. The number of anilines is 2. The minimum absolute atomic E-state index is 0.00526. The second-order valence-electron chi connectivity index (χ2n) is 6.94. The van der Waals surface area contributed by atoms with Gasteiger partial charge in [-0.2, -0.15) is 0 Å². The first-order valence-electron chi connectivity index (χ1n) is 8.90. The van der Waals surface area contributed by atoms with Crippen molar-refractivity contribution in [2.45, 2.75) is 27.7 Å². The fraction of sp³-hybridized carbons (Fsp3) is 0.381. The summed E-state index contributed by atoms with van der Waals surface area (Å²) in [5.41, 5.74) is 7.08.